The fraction of sp³-hybridized carbons (Fsp3) is 0.700. The van der Waals surface area contributed by atoms with Crippen molar-refractivity contribution in [2.75, 3.05) is 13.2 Å². The van der Waals surface area contributed by atoms with Crippen LogP contribution in [0.2, 0.25) is 0 Å². The lowest BCUT2D eigenvalue weighted by Crippen LogP contribution is -2.46. The van der Waals surface area contributed by atoms with Gasteiger partial charge in [0.25, 0.3) is 0 Å². The third-order valence-corrected chi connectivity index (χ3v) is 5.83. The van der Waals surface area contributed by atoms with E-state index in [1.54, 1.807) is 0 Å². The molecule has 4 atom stereocenters. The molecular weight excluding hydrogens is 380 g/mol. The van der Waals surface area contributed by atoms with E-state index in [0.29, 0.717) is 37.0 Å². The molecule has 160 valence electrons. The molecule has 1 saturated carbocycles. The number of hydrogen-bond donors (Lipinski definition) is 0. The van der Waals surface area contributed by atoms with E-state index in [1.807, 2.05) is 0 Å². The highest BCUT2D eigenvalue weighted by atomic mass is 16.6. The van der Waals surface area contributed by atoms with E-state index in [2.05, 4.69) is 20.8 Å². The van der Waals surface area contributed by atoms with Crippen LogP contribution in [0.15, 0.2) is 16.7 Å². The first-order valence-corrected chi connectivity index (χ1v) is 10.1. The molecule has 0 spiro atoms. The van der Waals surface area contributed by atoms with E-state index in [-0.39, 0.29) is 12.0 Å². The van der Waals surface area contributed by atoms with Crippen LogP contribution in [0.1, 0.15) is 58.2 Å². The second-order valence-corrected chi connectivity index (χ2v) is 8.32. The zero-order chi connectivity index (χ0) is 21.1. The summed E-state index contributed by atoms with van der Waals surface area (Å²) >= 11 is 0. The highest BCUT2D eigenvalue weighted by molar-refractivity contribution is 6.32. The van der Waals surface area contributed by atoms with Crippen molar-refractivity contribution < 1.29 is 28.4 Å². The number of esters is 1. The SMILES string of the molecule is CC1CCC(C(C)C)C(OC(=O)C(=O)N2CCCOC2c2coc([N+](=O)[O-])c2)C1. The Morgan fingerprint density at radius 2 is 2.10 bits per heavy atom. The number of carbonyl (C=O) groups excluding carboxylic acids is 2. The summed E-state index contributed by atoms with van der Waals surface area (Å²) in [6.07, 6.45) is 3.35. The van der Waals surface area contributed by atoms with Gasteiger partial charge in [-0.15, -0.1) is 0 Å². The van der Waals surface area contributed by atoms with Crippen molar-refractivity contribution in [2.24, 2.45) is 17.8 Å². The maximum atomic E-state index is 12.9. The van der Waals surface area contributed by atoms with Crippen LogP contribution in [0.5, 0.6) is 0 Å². The molecule has 29 heavy (non-hydrogen) atoms. The van der Waals surface area contributed by atoms with Crippen LogP contribution in [0.25, 0.3) is 0 Å². The summed E-state index contributed by atoms with van der Waals surface area (Å²) in [5.41, 5.74) is 0.323. The van der Waals surface area contributed by atoms with Gasteiger partial charge in [0.05, 0.1) is 12.7 Å². The molecule has 1 aliphatic carbocycles. The van der Waals surface area contributed by atoms with Gasteiger partial charge in [-0.1, -0.05) is 27.2 Å². The zero-order valence-electron chi connectivity index (χ0n) is 17.0. The number of rotatable bonds is 4. The minimum Gasteiger partial charge on any atom is -0.455 e. The Bertz CT molecular complexity index is 760. The number of nitrogens with zero attached hydrogens (tertiary/aromatic N) is 2. The monoisotopic (exact) mass is 408 g/mol. The molecule has 3 rings (SSSR count). The molecule has 1 aromatic rings. The maximum Gasteiger partial charge on any atom is 0.433 e. The van der Waals surface area contributed by atoms with Crippen molar-refractivity contribution in [3.05, 3.63) is 28.0 Å². The number of ether oxygens (including phenoxy) is 2. The van der Waals surface area contributed by atoms with Crippen LogP contribution in [-0.4, -0.2) is 41.0 Å². The van der Waals surface area contributed by atoms with Gasteiger partial charge >= 0.3 is 17.8 Å². The van der Waals surface area contributed by atoms with Crippen LogP contribution < -0.4 is 0 Å². The average molecular weight is 408 g/mol. The predicted octanol–water partition coefficient (Wildman–Crippen LogP) is 3.44. The van der Waals surface area contributed by atoms with Gasteiger partial charge in [0.1, 0.15) is 17.3 Å². The Morgan fingerprint density at radius 3 is 2.76 bits per heavy atom. The lowest BCUT2D eigenvalue weighted by Gasteiger charge is -2.38. The predicted molar refractivity (Wildman–Crippen MR) is 102 cm³/mol. The normalized spacial score (nSPS) is 27.7. The Labute approximate surface area is 169 Å². The van der Waals surface area contributed by atoms with Crippen LogP contribution in [-0.2, 0) is 19.1 Å². The van der Waals surface area contributed by atoms with Crippen molar-refractivity contribution in [1.82, 2.24) is 4.90 Å². The largest absolute Gasteiger partial charge is 0.455 e. The van der Waals surface area contributed by atoms with Crippen LogP contribution in [0, 0.1) is 27.9 Å². The van der Waals surface area contributed by atoms with Crippen LogP contribution >= 0.6 is 0 Å². The summed E-state index contributed by atoms with van der Waals surface area (Å²) in [6, 6.07) is 1.21. The lowest BCUT2D eigenvalue weighted by molar-refractivity contribution is -0.402. The first-order valence-electron chi connectivity index (χ1n) is 10.1. The number of carbonyl (C=O) groups is 2. The van der Waals surface area contributed by atoms with Gasteiger partial charge in [0.15, 0.2) is 6.23 Å². The van der Waals surface area contributed by atoms with Gasteiger partial charge in [-0.2, -0.15) is 0 Å². The van der Waals surface area contributed by atoms with E-state index in [0.717, 1.165) is 19.3 Å². The Hall–Kier alpha value is -2.42. The molecule has 0 aromatic carbocycles. The Kier molecular flexibility index (Phi) is 6.56. The van der Waals surface area contributed by atoms with E-state index in [4.69, 9.17) is 13.9 Å². The summed E-state index contributed by atoms with van der Waals surface area (Å²) in [5.74, 6) is -1.11. The number of hydrogen-bond acceptors (Lipinski definition) is 7. The summed E-state index contributed by atoms with van der Waals surface area (Å²) < 4.78 is 16.2. The molecule has 2 aliphatic rings. The first kappa shape index (κ1) is 21.3. The molecule has 4 unspecified atom stereocenters. The van der Waals surface area contributed by atoms with Gasteiger partial charge in [0, 0.05) is 12.1 Å². The zero-order valence-corrected chi connectivity index (χ0v) is 17.0. The van der Waals surface area contributed by atoms with E-state index in [9.17, 15) is 19.7 Å². The summed E-state index contributed by atoms with van der Waals surface area (Å²) in [5, 5.41) is 10.9. The van der Waals surface area contributed by atoms with Gasteiger partial charge < -0.3 is 18.8 Å². The quantitative estimate of drug-likeness (QED) is 0.325. The molecular formula is C20H28N2O7. The van der Waals surface area contributed by atoms with Gasteiger partial charge in [-0.05, 0) is 37.0 Å². The first-order chi connectivity index (χ1) is 13.8. The van der Waals surface area contributed by atoms with Crippen molar-refractivity contribution >= 4 is 17.8 Å². The molecule has 9 heteroatoms. The van der Waals surface area contributed by atoms with Gasteiger partial charge in [-0.3, -0.25) is 14.9 Å². The Morgan fingerprint density at radius 1 is 1.34 bits per heavy atom. The molecule has 0 bridgehead atoms. The van der Waals surface area contributed by atoms with E-state index in [1.165, 1.54) is 17.2 Å². The van der Waals surface area contributed by atoms with Crippen LogP contribution in [0.4, 0.5) is 5.88 Å². The molecule has 0 N–H and O–H groups in total. The summed E-state index contributed by atoms with van der Waals surface area (Å²) in [6.45, 7) is 7.00. The third-order valence-electron chi connectivity index (χ3n) is 5.83. The van der Waals surface area contributed by atoms with E-state index >= 15 is 0 Å². The van der Waals surface area contributed by atoms with Gasteiger partial charge in [0.2, 0.25) is 0 Å². The van der Waals surface area contributed by atoms with Crippen molar-refractivity contribution in [2.45, 2.75) is 58.8 Å². The van der Waals surface area contributed by atoms with Crippen molar-refractivity contribution in [3.63, 3.8) is 0 Å². The molecule has 1 saturated heterocycles. The summed E-state index contributed by atoms with van der Waals surface area (Å²) in [7, 11) is 0. The number of amides is 1. The molecule has 0 radical (unpaired) electrons. The molecule has 9 nitrogen and oxygen atoms in total. The fourth-order valence-corrected chi connectivity index (χ4v) is 4.24. The minimum absolute atomic E-state index is 0.230. The highest BCUT2D eigenvalue weighted by Gasteiger charge is 2.39. The van der Waals surface area contributed by atoms with Crippen molar-refractivity contribution in [3.8, 4) is 0 Å². The molecule has 1 amide bonds. The fourth-order valence-electron chi connectivity index (χ4n) is 4.24. The smallest absolute Gasteiger partial charge is 0.433 e. The highest BCUT2D eigenvalue weighted by Crippen LogP contribution is 2.36. The molecule has 2 fully saturated rings. The number of nitro groups is 1. The molecule has 2 heterocycles. The minimum atomic E-state index is -0.910. The summed E-state index contributed by atoms with van der Waals surface area (Å²) in [4.78, 5) is 37.0. The molecule has 1 aromatic heterocycles. The van der Waals surface area contributed by atoms with Crippen molar-refractivity contribution in [1.29, 1.82) is 0 Å². The van der Waals surface area contributed by atoms with E-state index < -0.39 is 28.9 Å². The maximum absolute atomic E-state index is 12.9. The topological polar surface area (TPSA) is 112 Å². The Balaban J connectivity index is 1.72. The molecule has 1 aliphatic heterocycles. The van der Waals surface area contributed by atoms with Crippen LogP contribution in [0.3, 0.4) is 0 Å². The number of furan rings is 1. The standard InChI is InChI=1S/C20H28N2O7/c1-12(2)15-6-5-13(3)9-16(15)29-20(24)18(23)21-7-4-8-27-19(21)14-10-17(22(25)26)28-11-14/h10-13,15-16,19H,4-9H2,1-3H3. The second kappa shape index (κ2) is 8.94. The lowest BCUT2D eigenvalue weighted by atomic mass is 9.75. The average Bonchev–Trinajstić information content (AvgIpc) is 3.17. The second-order valence-electron chi connectivity index (χ2n) is 8.32. The third kappa shape index (κ3) is 4.77. The van der Waals surface area contributed by atoms with Gasteiger partial charge in [-0.25, -0.2) is 4.79 Å².